The molecule has 0 aromatic heterocycles. The highest BCUT2D eigenvalue weighted by atomic mass is 16.5. The molecule has 4 rings (SSSR count). The van der Waals surface area contributed by atoms with Crippen LogP contribution in [0, 0.1) is 0 Å². The van der Waals surface area contributed by atoms with E-state index in [0.29, 0.717) is 0 Å². The number of rotatable bonds is 2. The van der Waals surface area contributed by atoms with Gasteiger partial charge in [0, 0.05) is 11.1 Å². The van der Waals surface area contributed by atoms with Gasteiger partial charge in [-0.25, -0.2) is 0 Å². The van der Waals surface area contributed by atoms with Crippen molar-refractivity contribution in [3.05, 3.63) is 89.5 Å². The van der Waals surface area contributed by atoms with E-state index in [4.69, 9.17) is 9.47 Å². The van der Waals surface area contributed by atoms with Gasteiger partial charge in [-0.3, -0.25) is 0 Å². The van der Waals surface area contributed by atoms with E-state index >= 15 is 0 Å². The first-order valence-electron chi connectivity index (χ1n) is 7.57. The maximum atomic E-state index is 6.12. The van der Waals surface area contributed by atoms with E-state index < -0.39 is 0 Å². The standard InChI is InChI=1S/C21H16O2/c1-22-17-12-10-15(11-13-17)19-14-16-6-2-4-8-20(16)23-21-9-5-3-7-18(19)21/h2-14H,1H3. The van der Waals surface area contributed by atoms with Crippen LogP contribution in [0.3, 0.4) is 0 Å². The molecule has 3 aromatic rings. The molecule has 0 bridgehead atoms. The summed E-state index contributed by atoms with van der Waals surface area (Å²) in [4.78, 5) is 0. The van der Waals surface area contributed by atoms with Crippen LogP contribution in [0.15, 0.2) is 72.8 Å². The molecule has 0 saturated heterocycles. The molecule has 0 spiro atoms. The number of para-hydroxylation sites is 2. The average Bonchev–Trinajstić information content (AvgIpc) is 2.78. The Morgan fingerprint density at radius 3 is 2.22 bits per heavy atom. The second-order valence-corrected chi connectivity index (χ2v) is 5.42. The van der Waals surface area contributed by atoms with Gasteiger partial charge < -0.3 is 9.47 Å². The summed E-state index contributed by atoms with van der Waals surface area (Å²) < 4.78 is 11.4. The third kappa shape index (κ3) is 2.49. The lowest BCUT2D eigenvalue weighted by Crippen LogP contribution is -1.91. The summed E-state index contributed by atoms with van der Waals surface area (Å²) in [5.41, 5.74) is 4.45. The van der Waals surface area contributed by atoms with Crippen molar-refractivity contribution in [2.75, 3.05) is 7.11 Å². The zero-order chi connectivity index (χ0) is 15.6. The summed E-state index contributed by atoms with van der Waals surface area (Å²) in [6, 6.07) is 24.4. The molecule has 0 radical (unpaired) electrons. The molecule has 23 heavy (non-hydrogen) atoms. The van der Waals surface area contributed by atoms with E-state index in [1.807, 2.05) is 48.5 Å². The lowest BCUT2D eigenvalue weighted by molar-refractivity contribution is 0.415. The van der Waals surface area contributed by atoms with Crippen molar-refractivity contribution in [1.29, 1.82) is 0 Å². The van der Waals surface area contributed by atoms with Crippen molar-refractivity contribution in [2.24, 2.45) is 0 Å². The minimum atomic E-state index is 0.855. The molecular weight excluding hydrogens is 284 g/mol. The Kier molecular flexibility index (Phi) is 3.35. The molecule has 0 fully saturated rings. The van der Waals surface area contributed by atoms with E-state index in [9.17, 15) is 0 Å². The Balaban J connectivity index is 1.93. The molecule has 112 valence electrons. The number of ether oxygens (including phenoxy) is 2. The van der Waals surface area contributed by atoms with Gasteiger partial charge in [0.2, 0.25) is 0 Å². The third-order valence-corrected chi connectivity index (χ3v) is 4.02. The number of hydrogen-bond acceptors (Lipinski definition) is 2. The third-order valence-electron chi connectivity index (χ3n) is 4.02. The van der Waals surface area contributed by atoms with E-state index in [1.165, 1.54) is 0 Å². The van der Waals surface area contributed by atoms with E-state index in [2.05, 4.69) is 30.3 Å². The number of hydrogen-bond donors (Lipinski definition) is 0. The predicted octanol–water partition coefficient (Wildman–Crippen LogP) is 5.39. The van der Waals surface area contributed by atoms with Crippen LogP contribution < -0.4 is 9.47 Å². The van der Waals surface area contributed by atoms with Gasteiger partial charge in [-0.15, -0.1) is 0 Å². The maximum Gasteiger partial charge on any atom is 0.135 e. The Hall–Kier alpha value is -3.00. The fraction of sp³-hybridized carbons (Fsp3) is 0.0476. The van der Waals surface area contributed by atoms with Crippen molar-refractivity contribution in [3.8, 4) is 17.2 Å². The van der Waals surface area contributed by atoms with Crippen LogP contribution in [0.5, 0.6) is 17.2 Å². The first-order valence-corrected chi connectivity index (χ1v) is 7.57. The average molecular weight is 300 g/mol. The minimum Gasteiger partial charge on any atom is -0.497 e. The van der Waals surface area contributed by atoms with Gasteiger partial charge in [0.25, 0.3) is 0 Å². The van der Waals surface area contributed by atoms with Crippen LogP contribution in [0.1, 0.15) is 16.7 Å². The number of benzene rings is 3. The van der Waals surface area contributed by atoms with Crippen LogP contribution in [-0.2, 0) is 0 Å². The van der Waals surface area contributed by atoms with Crippen molar-refractivity contribution < 1.29 is 9.47 Å². The van der Waals surface area contributed by atoms with E-state index in [0.717, 1.165) is 39.5 Å². The summed E-state index contributed by atoms with van der Waals surface area (Å²) in [6.45, 7) is 0. The van der Waals surface area contributed by atoms with Crippen molar-refractivity contribution in [1.82, 2.24) is 0 Å². The van der Waals surface area contributed by atoms with Gasteiger partial charge in [0.15, 0.2) is 0 Å². The Labute approximate surface area is 135 Å². The molecule has 0 saturated carbocycles. The van der Waals surface area contributed by atoms with Gasteiger partial charge >= 0.3 is 0 Å². The van der Waals surface area contributed by atoms with Crippen LogP contribution in [0.4, 0.5) is 0 Å². The van der Waals surface area contributed by atoms with Crippen LogP contribution >= 0.6 is 0 Å². The second kappa shape index (κ2) is 5.65. The normalized spacial score (nSPS) is 12.3. The van der Waals surface area contributed by atoms with Gasteiger partial charge in [-0.2, -0.15) is 0 Å². The molecule has 2 nitrogen and oxygen atoms in total. The Morgan fingerprint density at radius 2 is 1.43 bits per heavy atom. The monoisotopic (exact) mass is 300 g/mol. The van der Waals surface area contributed by atoms with E-state index in [-0.39, 0.29) is 0 Å². The zero-order valence-electron chi connectivity index (χ0n) is 12.8. The quantitative estimate of drug-likeness (QED) is 0.494. The SMILES string of the molecule is COc1ccc(C2=Cc3ccccc3Oc3ccccc32)cc1. The minimum absolute atomic E-state index is 0.855. The zero-order valence-corrected chi connectivity index (χ0v) is 12.8. The first kappa shape index (κ1) is 13.6. The van der Waals surface area contributed by atoms with Gasteiger partial charge in [0.1, 0.15) is 17.2 Å². The Morgan fingerprint density at radius 1 is 0.739 bits per heavy atom. The van der Waals surface area contributed by atoms with Gasteiger partial charge in [0.05, 0.1) is 7.11 Å². The van der Waals surface area contributed by atoms with Crippen LogP contribution in [0.25, 0.3) is 11.6 Å². The molecule has 2 heteroatoms. The van der Waals surface area contributed by atoms with Gasteiger partial charge in [-0.1, -0.05) is 48.5 Å². The molecule has 0 unspecified atom stereocenters. The number of fused-ring (bicyclic) bond motifs is 2. The van der Waals surface area contributed by atoms with Gasteiger partial charge in [-0.05, 0) is 41.5 Å². The van der Waals surface area contributed by atoms with Crippen molar-refractivity contribution in [3.63, 3.8) is 0 Å². The molecule has 1 heterocycles. The summed E-state index contributed by atoms with van der Waals surface area (Å²) in [5, 5.41) is 0. The molecule has 0 aliphatic carbocycles. The molecule has 3 aromatic carbocycles. The lowest BCUT2D eigenvalue weighted by atomic mass is 9.95. The summed E-state index contributed by atoms with van der Waals surface area (Å²) in [6.07, 6.45) is 2.18. The number of methoxy groups -OCH3 is 1. The smallest absolute Gasteiger partial charge is 0.135 e. The van der Waals surface area contributed by atoms with Crippen LogP contribution in [0.2, 0.25) is 0 Å². The fourth-order valence-electron chi connectivity index (χ4n) is 2.83. The molecule has 1 aliphatic heterocycles. The van der Waals surface area contributed by atoms with Crippen LogP contribution in [-0.4, -0.2) is 7.11 Å². The Bertz CT molecular complexity index is 876. The fourth-order valence-corrected chi connectivity index (χ4v) is 2.83. The lowest BCUT2D eigenvalue weighted by Gasteiger charge is -2.11. The molecular formula is C21H16O2. The largest absolute Gasteiger partial charge is 0.497 e. The summed E-state index contributed by atoms with van der Waals surface area (Å²) in [5.74, 6) is 2.61. The molecule has 0 atom stereocenters. The topological polar surface area (TPSA) is 18.5 Å². The first-order chi connectivity index (χ1) is 11.3. The highest BCUT2D eigenvalue weighted by molar-refractivity contribution is 5.95. The highest BCUT2D eigenvalue weighted by Crippen LogP contribution is 2.40. The maximum absolute atomic E-state index is 6.12. The van der Waals surface area contributed by atoms with Crippen molar-refractivity contribution >= 4 is 11.6 Å². The van der Waals surface area contributed by atoms with E-state index in [1.54, 1.807) is 7.11 Å². The molecule has 0 amide bonds. The predicted molar refractivity (Wildman–Crippen MR) is 92.9 cm³/mol. The second-order valence-electron chi connectivity index (χ2n) is 5.42. The molecule has 1 aliphatic rings. The summed E-state index contributed by atoms with van der Waals surface area (Å²) in [7, 11) is 1.68. The molecule has 0 N–H and O–H groups in total. The summed E-state index contributed by atoms with van der Waals surface area (Å²) >= 11 is 0. The van der Waals surface area contributed by atoms with Crippen molar-refractivity contribution in [2.45, 2.75) is 0 Å². The highest BCUT2D eigenvalue weighted by Gasteiger charge is 2.17.